The highest BCUT2D eigenvalue weighted by Crippen LogP contribution is 2.49. The number of benzene rings is 3. The maximum absolute atomic E-state index is 10.6. The minimum atomic E-state index is -1.12. The molecule has 0 aliphatic heterocycles. The molecule has 3 aromatic carbocycles. The van der Waals surface area contributed by atoms with Crippen LogP contribution in [0.1, 0.15) is 28.9 Å². The van der Waals surface area contributed by atoms with E-state index in [1.165, 1.54) is 6.08 Å². The molecule has 0 unspecified atom stereocenters. The van der Waals surface area contributed by atoms with E-state index in [9.17, 15) is 20.4 Å². The number of aliphatic hydroxyl groups is 4. The molecule has 2 aliphatic carbocycles. The summed E-state index contributed by atoms with van der Waals surface area (Å²) in [5.74, 6) is 0. The first kappa shape index (κ1) is 14.1. The van der Waals surface area contributed by atoms with Crippen LogP contribution in [0, 0.1) is 0 Å². The minimum Gasteiger partial charge on any atom is -0.386 e. The highest BCUT2D eigenvalue weighted by molar-refractivity contribution is 6.14. The lowest BCUT2D eigenvalue weighted by molar-refractivity contribution is 0.0363. The van der Waals surface area contributed by atoms with Crippen LogP contribution in [0.15, 0.2) is 48.5 Å². The maximum Gasteiger partial charge on any atom is 0.110 e. The summed E-state index contributed by atoms with van der Waals surface area (Å²) < 4.78 is 0. The first-order valence-corrected chi connectivity index (χ1v) is 8.00. The molecule has 4 nitrogen and oxygen atoms in total. The van der Waals surface area contributed by atoms with Crippen molar-refractivity contribution in [3.63, 3.8) is 0 Å². The van der Waals surface area contributed by atoms with E-state index in [1.807, 2.05) is 36.4 Å². The SMILES string of the molecule is O[C@H]1C=C2c3c(ccc4c3c(cc3ccccc34)[C@H](O)[C@H]2O)[C@@H]1O. The smallest absolute Gasteiger partial charge is 0.110 e. The third kappa shape index (κ3) is 1.61. The van der Waals surface area contributed by atoms with Crippen molar-refractivity contribution in [2.45, 2.75) is 24.4 Å². The summed E-state index contributed by atoms with van der Waals surface area (Å²) in [6, 6.07) is 13.5. The average Bonchev–Trinajstić information content (AvgIpc) is 2.61. The van der Waals surface area contributed by atoms with E-state index >= 15 is 0 Å². The van der Waals surface area contributed by atoms with Crippen LogP contribution in [0.3, 0.4) is 0 Å². The quantitative estimate of drug-likeness (QED) is 0.479. The molecule has 0 heterocycles. The molecular weight excluding hydrogens is 304 g/mol. The van der Waals surface area contributed by atoms with Crippen LogP contribution in [0.25, 0.3) is 27.1 Å². The molecule has 4 N–H and O–H groups in total. The van der Waals surface area contributed by atoms with E-state index in [0.29, 0.717) is 16.7 Å². The normalized spacial score (nSPS) is 28.2. The summed E-state index contributed by atoms with van der Waals surface area (Å²) in [6.07, 6.45) is -2.85. The van der Waals surface area contributed by atoms with Crippen LogP contribution in [-0.2, 0) is 0 Å². The van der Waals surface area contributed by atoms with E-state index in [0.717, 1.165) is 27.1 Å². The van der Waals surface area contributed by atoms with Crippen molar-refractivity contribution in [2.24, 2.45) is 0 Å². The summed E-state index contributed by atoms with van der Waals surface area (Å²) in [7, 11) is 0. The number of rotatable bonds is 0. The Labute approximate surface area is 137 Å². The summed E-state index contributed by atoms with van der Waals surface area (Å²) in [4.78, 5) is 0. The lowest BCUT2D eigenvalue weighted by Crippen LogP contribution is -2.31. The molecule has 0 amide bonds. The maximum atomic E-state index is 10.6. The minimum absolute atomic E-state index is 0.490. The topological polar surface area (TPSA) is 80.9 Å². The molecule has 0 aromatic heterocycles. The van der Waals surface area contributed by atoms with Crippen molar-refractivity contribution >= 4 is 27.1 Å². The summed E-state index contributed by atoms with van der Waals surface area (Å²) >= 11 is 0. The molecule has 0 bridgehead atoms. The van der Waals surface area contributed by atoms with E-state index in [1.54, 1.807) is 6.07 Å². The molecule has 4 heteroatoms. The predicted molar refractivity (Wildman–Crippen MR) is 91.4 cm³/mol. The van der Waals surface area contributed by atoms with E-state index in [4.69, 9.17) is 0 Å². The Bertz CT molecular complexity index is 1040. The van der Waals surface area contributed by atoms with Crippen LogP contribution in [0.4, 0.5) is 0 Å². The van der Waals surface area contributed by atoms with Gasteiger partial charge in [-0.15, -0.1) is 0 Å². The summed E-state index contributed by atoms with van der Waals surface area (Å²) in [5, 5.41) is 45.5. The van der Waals surface area contributed by atoms with Crippen molar-refractivity contribution in [2.75, 3.05) is 0 Å². The fourth-order valence-corrected chi connectivity index (χ4v) is 4.17. The molecule has 0 saturated heterocycles. The van der Waals surface area contributed by atoms with Gasteiger partial charge in [0.05, 0.1) is 0 Å². The van der Waals surface area contributed by atoms with Crippen molar-refractivity contribution in [3.05, 3.63) is 65.2 Å². The molecule has 5 rings (SSSR count). The van der Waals surface area contributed by atoms with Crippen LogP contribution in [0.5, 0.6) is 0 Å². The Morgan fingerprint density at radius 2 is 1.50 bits per heavy atom. The lowest BCUT2D eigenvalue weighted by atomic mass is 9.74. The predicted octanol–water partition coefficient (Wildman–Crippen LogP) is 2.19. The summed E-state index contributed by atoms with van der Waals surface area (Å²) in [5.41, 5.74) is 2.48. The van der Waals surface area contributed by atoms with Gasteiger partial charge in [0, 0.05) is 0 Å². The molecule has 0 spiro atoms. The molecule has 120 valence electrons. The number of aliphatic hydroxyl groups excluding tert-OH is 4. The second-order valence-corrected chi connectivity index (χ2v) is 6.59. The van der Waals surface area contributed by atoms with Crippen molar-refractivity contribution in [1.29, 1.82) is 0 Å². The Kier molecular flexibility index (Phi) is 2.74. The van der Waals surface area contributed by atoms with Gasteiger partial charge in [0.2, 0.25) is 0 Å². The van der Waals surface area contributed by atoms with Crippen molar-refractivity contribution in [1.82, 2.24) is 0 Å². The number of fused-ring (bicyclic) bond motifs is 2. The third-order valence-electron chi connectivity index (χ3n) is 5.31. The van der Waals surface area contributed by atoms with Gasteiger partial charge in [-0.3, -0.25) is 0 Å². The number of hydrogen-bond acceptors (Lipinski definition) is 4. The lowest BCUT2D eigenvalue weighted by Gasteiger charge is -2.36. The molecule has 4 atom stereocenters. The fraction of sp³-hybridized carbons (Fsp3) is 0.200. The highest BCUT2D eigenvalue weighted by Gasteiger charge is 2.38. The molecule has 0 saturated carbocycles. The van der Waals surface area contributed by atoms with Gasteiger partial charge in [-0.1, -0.05) is 36.4 Å². The van der Waals surface area contributed by atoms with Crippen molar-refractivity contribution in [3.8, 4) is 0 Å². The first-order valence-electron chi connectivity index (χ1n) is 8.00. The molecule has 2 aliphatic rings. The van der Waals surface area contributed by atoms with Gasteiger partial charge in [-0.25, -0.2) is 0 Å². The summed E-state index contributed by atoms with van der Waals surface area (Å²) in [6.45, 7) is 0. The molecular formula is C20H16O4. The van der Waals surface area contributed by atoms with Crippen LogP contribution in [-0.4, -0.2) is 32.6 Å². The fourth-order valence-electron chi connectivity index (χ4n) is 4.17. The van der Waals surface area contributed by atoms with Gasteiger partial charge in [-0.2, -0.15) is 0 Å². The average molecular weight is 320 g/mol. The second-order valence-electron chi connectivity index (χ2n) is 6.59. The van der Waals surface area contributed by atoms with Gasteiger partial charge in [0.15, 0.2) is 0 Å². The Hall–Kier alpha value is -2.24. The Balaban J connectivity index is 2.03. The van der Waals surface area contributed by atoms with Crippen LogP contribution < -0.4 is 0 Å². The molecule has 3 aromatic rings. The highest BCUT2D eigenvalue weighted by atomic mass is 16.3. The van der Waals surface area contributed by atoms with E-state index < -0.39 is 24.4 Å². The van der Waals surface area contributed by atoms with Gasteiger partial charge in [0.1, 0.15) is 24.4 Å². The second kappa shape index (κ2) is 4.65. The zero-order valence-corrected chi connectivity index (χ0v) is 12.7. The zero-order valence-electron chi connectivity index (χ0n) is 12.7. The first-order chi connectivity index (χ1) is 11.6. The van der Waals surface area contributed by atoms with Gasteiger partial charge in [-0.05, 0) is 56.0 Å². The van der Waals surface area contributed by atoms with Crippen LogP contribution >= 0.6 is 0 Å². The van der Waals surface area contributed by atoms with Crippen molar-refractivity contribution < 1.29 is 20.4 Å². The van der Waals surface area contributed by atoms with E-state index in [2.05, 4.69) is 0 Å². The van der Waals surface area contributed by atoms with Gasteiger partial charge in [0.25, 0.3) is 0 Å². The molecule has 0 fully saturated rings. The van der Waals surface area contributed by atoms with Gasteiger partial charge >= 0.3 is 0 Å². The standard InChI is InChI=1S/C20H16O4/c21-15-8-14-17-12(18(15)22)6-5-11-10-4-2-1-3-9(10)7-13(16(11)17)19(23)20(14)24/h1-8,15,18-24H/t15-,18-,19-,20-/m0/s1. The largest absolute Gasteiger partial charge is 0.386 e. The van der Waals surface area contributed by atoms with Crippen LogP contribution in [0.2, 0.25) is 0 Å². The zero-order chi connectivity index (χ0) is 16.6. The number of hydrogen-bond donors (Lipinski definition) is 4. The Morgan fingerprint density at radius 1 is 0.708 bits per heavy atom. The monoisotopic (exact) mass is 320 g/mol. The van der Waals surface area contributed by atoms with Gasteiger partial charge < -0.3 is 20.4 Å². The third-order valence-corrected chi connectivity index (χ3v) is 5.31. The van der Waals surface area contributed by atoms with E-state index in [-0.39, 0.29) is 0 Å². The molecule has 24 heavy (non-hydrogen) atoms. The Morgan fingerprint density at radius 3 is 2.33 bits per heavy atom. The molecule has 0 radical (unpaired) electrons.